The summed E-state index contributed by atoms with van der Waals surface area (Å²) >= 11 is 6.34. The normalized spacial score (nSPS) is 14.5. The summed E-state index contributed by atoms with van der Waals surface area (Å²) in [6, 6.07) is 8.45. The SMILES string of the molecule is Cc1ccc([C@H](Nc2c(Nc3ccc(Cl)c4c3C(=O)N(c3cccnc3C(F)(F)F)C4)c(=O)c2=O)C(C)(C)C)o1. The predicted molar refractivity (Wildman–Crippen MR) is 145 cm³/mol. The molecule has 0 saturated carbocycles. The van der Waals surface area contributed by atoms with Crippen molar-refractivity contribution in [2.24, 2.45) is 5.41 Å². The molecule has 0 spiro atoms. The number of nitrogens with one attached hydrogen (secondary N) is 2. The molecule has 2 N–H and O–H groups in total. The topological polar surface area (TPSA) is 105 Å². The number of alkyl halides is 3. The van der Waals surface area contributed by atoms with Crippen molar-refractivity contribution >= 4 is 40.3 Å². The smallest absolute Gasteiger partial charge is 0.435 e. The van der Waals surface area contributed by atoms with E-state index in [1.807, 2.05) is 20.8 Å². The Bertz CT molecular complexity index is 1710. The van der Waals surface area contributed by atoms with Gasteiger partial charge in [-0.05, 0) is 48.7 Å². The lowest BCUT2D eigenvalue weighted by molar-refractivity contribution is -0.140. The highest BCUT2D eigenvalue weighted by Crippen LogP contribution is 2.43. The van der Waals surface area contributed by atoms with E-state index in [0.717, 1.165) is 17.2 Å². The van der Waals surface area contributed by atoms with Gasteiger partial charge in [0.25, 0.3) is 16.8 Å². The number of hydrogen-bond acceptors (Lipinski definition) is 7. The zero-order valence-electron chi connectivity index (χ0n) is 21.9. The quantitative estimate of drug-likeness (QED) is 0.259. The molecular formula is C28H24ClF3N4O4. The molecule has 0 unspecified atom stereocenters. The third-order valence-corrected chi connectivity index (χ3v) is 7.10. The second kappa shape index (κ2) is 9.51. The largest absolute Gasteiger partial charge is 0.464 e. The average Bonchev–Trinajstić information content (AvgIpc) is 3.46. The average molecular weight is 573 g/mol. The van der Waals surface area contributed by atoms with Crippen LogP contribution < -0.4 is 26.4 Å². The van der Waals surface area contributed by atoms with Crippen LogP contribution in [0.5, 0.6) is 0 Å². The van der Waals surface area contributed by atoms with Gasteiger partial charge in [0, 0.05) is 16.8 Å². The number of halogens is 4. The molecule has 0 fully saturated rings. The minimum absolute atomic E-state index is 0.00231. The van der Waals surface area contributed by atoms with Crippen LogP contribution in [0.15, 0.2) is 56.6 Å². The maximum atomic E-state index is 13.6. The number of fused-ring (bicyclic) bond motifs is 1. The van der Waals surface area contributed by atoms with Crippen molar-refractivity contribution in [1.82, 2.24) is 4.98 Å². The number of furan rings is 1. The summed E-state index contributed by atoms with van der Waals surface area (Å²) < 4.78 is 46.7. The fourth-order valence-electron chi connectivity index (χ4n) is 4.77. The maximum absolute atomic E-state index is 13.6. The molecular weight excluding hydrogens is 549 g/mol. The second-order valence-electron chi connectivity index (χ2n) is 10.6. The van der Waals surface area contributed by atoms with E-state index >= 15 is 0 Å². The highest BCUT2D eigenvalue weighted by Gasteiger charge is 2.41. The van der Waals surface area contributed by atoms with E-state index in [1.54, 1.807) is 19.1 Å². The number of amides is 1. The van der Waals surface area contributed by atoms with E-state index in [1.165, 1.54) is 18.2 Å². The van der Waals surface area contributed by atoms with E-state index in [2.05, 4.69) is 15.6 Å². The Morgan fingerprint density at radius 2 is 1.73 bits per heavy atom. The molecule has 8 nitrogen and oxygen atoms in total. The number of hydrogen-bond donors (Lipinski definition) is 2. The van der Waals surface area contributed by atoms with Crippen LogP contribution in [0, 0.1) is 12.3 Å². The molecule has 2 aromatic carbocycles. The number of anilines is 4. The van der Waals surface area contributed by atoms with E-state index < -0.39 is 45.8 Å². The molecule has 0 saturated heterocycles. The Labute approximate surface area is 231 Å². The molecule has 40 heavy (non-hydrogen) atoms. The summed E-state index contributed by atoms with van der Waals surface area (Å²) in [5, 5.41) is 6.16. The van der Waals surface area contributed by atoms with Gasteiger partial charge in [0.05, 0.1) is 29.5 Å². The molecule has 0 bridgehead atoms. The lowest BCUT2D eigenvalue weighted by Gasteiger charge is -2.31. The van der Waals surface area contributed by atoms with Crippen molar-refractivity contribution in [2.75, 3.05) is 15.5 Å². The first-order chi connectivity index (χ1) is 18.7. The van der Waals surface area contributed by atoms with Crippen LogP contribution in [0.2, 0.25) is 5.02 Å². The van der Waals surface area contributed by atoms with E-state index in [0.29, 0.717) is 11.5 Å². The van der Waals surface area contributed by atoms with Crippen LogP contribution in [0.1, 0.15) is 59.9 Å². The second-order valence-corrected chi connectivity index (χ2v) is 11.0. The summed E-state index contributed by atoms with van der Waals surface area (Å²) in [7, 11) is 0. The molecule has 5 rings (SSSR count). The number of aromatic nitrogens is 1. The summed E-state index contributed by atoms with van der Waals surface area (Å²) in [4.78, 5) is 43.2. The van der Waals surface area contributed by atoms with Crippen molar-refractivity contribution in [2.45, 2.75) is 46.5 Å². The minimum atomic E-state index is -4.79. The standard InChI is InChI=1S/C28H24ClF3N4O4/c1-13-7-10-18(40-13)25(27(2,3)4)35-21-20(22(37)23(21)38)34-16-9-8-15(29)14-12-36(26(39)19(14)16)17-6-5-11-33-24(17)28(30,31)32/h5-11,25,34-35H,12H2,1-4H3/t25-/m0/s1. The van der Waals surface area contributed by atoms with Gasteiger partial charge >= 0.3 is 6.18 Å². The maximum Gasteiger partial charge on any atom is 0.435 e. The number of carbonyl (C=O) groups excluding carboxylic acids is 1. The number of nitrogens with zero attached hydrogens (tertiary/aromatic N) is 2. The number of benzene rings is 1. The highest BCUT2D eigenvalue weighted by molar-refractivity contribution is 6.33. The van der Waals surface area contributed by atoms with Gasteiger partial charge in [-0.3, -0.25) is 14.4 Å². The van der Waals surface area contributed by atoms with Crippen molar-refractivity contribution in [3.05, 3.63) is 96.4 Å². The van der Waals surface area contributed by atoms with Gasteiger partial charge in [0.2, 0.25) is 0 Å². The van der Waals surface area contributed by atoms with Gasteiger partial charge < -0.3 is 20.0 Å². The van der Waals surface area contributed by atoms with Crippen LogP contribution in [0.25, 0.3) is 0 Å². The molecule has 1 aliphatic rings. The summed E-state index contributed by atoms with van der Waals surface area (Å²) in [6.45, 7) is 7.37. The first-order valence-corrected chi connectivity index (χ1v) is 12.6. The third-order valence-electron chi connectivity index (χ3n) is 6.75. The van der Waals surface area contributed by atoms with Crippen molar-refractivity contribution in [3.63, 3.8) is 0 Å². The van der Waals surface area contributed by atoms with Crippen molar-refractivity contribution in [3.8, 4) is 0 Å². The number of aryl methyl sites for hydroxylation is 1. The molecule has 3 heterocycles. The Kier molecular flexibility index (Phi) is 6.53. The van der Waals surface area contributed by atoms with E-state index in [4.69, 9.17) is 16.0 Å². The van der Waals surface area contributed by atoms with Gasteiger partial charge in [0.1, 0.15) is 22.9 Å². The number of pyridine rings is 1. The molecule has 4 aromatic rings. The number of carbonyl (C=O) groups is 1. The fraction of sp³-hybridized carbons (Fsp3) is 0.286. The first kappa shape index (κ1) is 27.4. The lowest BCUT2D eigenvalue weighted by Crippen LogP contribution is -2.39. The molecule has 2 aromatic heterocycles. The monoisotopic (exact) mass is 572 g/mol. The summed E-state index contributed by atoms with van der Waals surface area (Å²) in [5.41, 5.74) is -3.27. The molecule has 12 heteroatoms. The van der Waals surface area contributed by atoms with Crippen LogP contribution in [0.4, 0.5) is 35.9 Å². The zero-order chi connectivity index (χ0) is 29.1. The lowest BCUT2D eigenvalue weighted by atomic mass is 9.85. The zero-order valence-corrected chi connectivity index (χ0v) is 22.6. The molecule has 1 amide bonds. The minimum Gasteiger partial charge on any atom is -0.464 e. The molecule has 208 valence electrons. The van der Waals surface area contributed by atoms with E-state index in [-0.39, 0.29) is 39.8 Å². The Morgan fingerprint density at radius 3 is 2.35 bits per heavy atom. The molecule has 1 atom stereocenters. The van der Waals surface area contributed by atoms with Crippen LogP contribution in [-0.2, 0) is 12.7 Å². The van der Waals surface area contributed by atoms with E-state index in [9.17, 15) is 27.6 Å². The highest BCUT2D eigenvalue weighted by atomic mass is 35.5. The Balaban J connectivity index is 1.51. The van der Waals surface area contributed by atoms with Gasteiger partial charge in [-0.15, -0.1) is 0 Å². The Hall–Kier alpha value is -4.12. The van der Waals surface area contributed by atoms with Crippen LogP contribution >= 0.6 is 11.6 Å². The van der Waals surface area contributed by atoms with Crippen molar-refractivity contribution in [1.29, 1.82) is 0 Å². The molecule has 0 aliphatic carbocycles. The first-order valence-electron chi connectivity index (χ1n) is 12.3. The van der Waals surface area contributed by atoms with Gasteiger partial charge in [-0.25, -0.2) is 4.98 Å². The van der Waals surface area contributed by atoms with Crippen molar-refractivity contribution < 1.29 is 22.4 Å². The van der Waals surface area contributed by atoms with Crippen LogP contribution in [0.3, 0.4) is 0 Å². The number of rotatable bonds is 6. The van der Waals surface area contributed by atoms with Gasteiger partial charge in [-0.1, -0.05) is 32.4 Å². The van der Waals surface area contributed by atoms with Crippen LogP contribution in [-0.4, -0.2) is 10.9 Å². The molecule has 1 aliphatic heterocycles. The molecule has 0 radical (unpaired) electrons. The van der Waals surface area contributed by atoms with Gasteiger partial charge in [-0.2, -0.15) is 13.2 Å². The fourth-order valence-corrected chi connectivity index (χ4v) is 4.99. The Morgan fingerprint density at radius 1 is 1.02 bits per heavy atom. The third kappa shape index (κ3) is 4.64. The van der Waals surface area contributed by atoms with Gasteiger partial charge in [0.15, 0.2) is 5.69 Å². The summed E-state index contributed by atoms with van der Waals surface area (Å²) in [6.07, 6.45) is -3.80. The summed E-state index contributed by atoms with van der Waals surface area (Å²) in [5.74, 6) is 0.487. The predicted octanol–water partition coefficient (Wildman–Crippen LogP) is 6.35.